The molecule has 1 aliphatic carbocycles. The highest BCUT2D eigenvalue weighted by atomic mass is 16.5. The first-order valence-electron chi connectivity index (χ1n) is 6.23. The van der Waals surface area contributed by atoms with Gasteiger partial charge < -0.3 is 20.3 Å². The molecule has 3 N–H and O–H groups in total. The molecular formula is C12H21NO4. The Morgan fingerprint density at radius 2 is 2.06 bits per heavy atom. The number of carbonyl (C=O) groups is 1. The number of aliphatic hydroxyl groups excluding tert-OH is 1. The van der Waals surface area contributed by atoms with Crippen LogP contribution in [-0.2, 0) is 9.53 Å². The van der Waals surface area contributed by atoms with Crippen LogP contribution in [0.4, 0.5) is 0 Å². The van der Waals surface area contributed by atoms with E-state index in [0.717, 1.165) is 38.5 Å². The molecule has 0 radical (unpaired) electrons. The molecule has 1 spiro atoms. The normalized spacial score (nSPS) is 36.9. The Morgan fingerprint density at radius 3 is 2.59 bits per heavy atom. The highest BCUT2D eigenvalue weighted by molar-refractivity contribution is 5.62. The van der Waals surface area contributed by atoms with Gasteiger partial charge in [-0.05, 0) is 36.6 Å². The molecule has 0 amide bonds. The Balaban J connectivity index is 0.000000239. The van der Waals surface area contributed by atoms with E-state index in [1.807, 2.05) is 0 Å². The molecule has 0 aromatic rings. The maximum atomic E-state index is 9.18. The zero-order chi connectivity index (χ0) is 12.5. The van der Waals surface area contributed by atoms with Crippen LogP contribution in [0.5, 0.6) is 0 Å². The van der Waals surface area contributed by atoms with Crippen LogP contribution in [0.25, 0.3) is 0 Å². The first-order chi connectivity index (χ1) is 8.12. The van der Waals surface area contributed by atoms with Crippen molar-refractivity contribution in [1.82, 2.24) is 5.32 Å². The number of fused-ring (bicyclic) bond motifs is 3. The van der Waals surface area contributed by atoms with E-state index in [-0.39, 0.29) is 0 Å². The van der Waals surface area contributed by atoms with Gasteiger partial charge in [-0.2, -0.15) is 0 Å². The Kier molecular flexibility index (Phi) is 3.70. The molecule has 2 heterocycles. The lowest BCUT2D eigenvalue weighted by molar-refractivity contribution is -0.134. The van der Waals surface area contributed by atoms with E-state index in [1.54, 1.807) is 0 Å². The zero-order valence-corrected chi connectivity index (χ0v) is 10.2. The second kappa shape index (κ2) is 4.92. The second-order valence-corrected chi connectivity index (χ2v) is 5.19. The smallest absolute Gasteiger partial charge is 0.300 e. The topological polar surface area (TPSA) is 78.8 Å². The summed E-state index contributed by atoms with van der Waals surface area (Å²) in [6.45, 7) is 4.38. The summed E-state index contributed by atoms with van der Waals surface area (Å²) in [5.74, 6) is 0.759. The van der Waals surface area contributed by atoms with E-state index in [4.69, 9.17) is 14.6 Å². The SMILES string of the molecule is CC(=O)O.OC[C@H]1NC[C@H]2[C@@H]1C21CCOCC1. The number of piperidine rings is 1. The molecule has 2 aliphatic heterocycles. The van der Waals surface area contributed by atoms with Crippen molar-refractivity contribution in [3.63, 3.8) is 0 Å². The largest absolute Gasteiger partial charge is 0.481 e. The molecular weight excluding hydrogens is 222 g/mol. The Labute approximate surface area is 101 Å². The van der Waals surface area contributed by atoms with Crippen LogP contribution in [0.1, 0.15) is 19.8 Å². The van der Waals surface area contributed by atoms with E-state index >= 15 is 0 Å². The summed E-state index contributed by atoms with van der Waals surface area (Å²) in [6.07, 6.45) is 2.45. The van der Waals surface area contributed by atoms with Crippen molar-refractivity contribution in [2.24, 2.45) is 17.3 Å². The zero-order valence-electron chi connectivity index (χ0n) is 10.2. The molecule has 0 unspecified atom stereocenters. The lowest BCUT2D eigenvalue weighted by Gasteiger charge is -2.28. The Morgan fingerprint density at radius 1 is 1.47 bits per heavy atom. The maximum absolute atomic E-state index is 9.18. The van der Waals surface area contributed by atoms with Gasteiger partial charge in [0.25, 0.3) is 5.97 Å². The molecule has 3 fully saturated rings. The van der Waals surface area contributed by atoms with Crippen molar-refractivity contribution >= 4 is 5.97 Å². The molecule has 3 atom stereocenters. The van der Waals surface area contributed by atoms with E-state index in [9.17, 15) is 5.11 Å². The summed E-state index contributed by atoms with van der Waals surface area (Å²) in [5.41, 5.74) is 0.566. The molecule has 5 nitrogen and oxygen atoms in total. The molecule has 5 heteroatoms. The van der Waals surface area contributed by atoms with E-state index in [0.29, 0.717) is 18.1 Å². The summed E-state index contributed by atoms with van der Waals surface area (Å²) in [4.78, 5) is 9.00. The van der Waals surface area contributed by atoms with Gasteiger partial charge in [-0.25, -0.2) is 0 Å². The summed E-state index contributed by atoms with van der Waals surface area (Å²) >= 11 is 0. The number of carboxylic acid groups (broad SMARTS) is 1. The van der Waals surface area contributed by atoms with Gasteiger partial charge in [0.05, 0.1) is 6.61 Å². The average Bonchev–Trinajstić information content (AvgIpc) is 2.73. The lowest BCUT2D eigenvalue weighted by atomic mass is 9.89. The minimum absolute atomic E-state index is 0.309. The Bertz CT molecular complexity index is 284. The van der Waals surface area contributed by atoms with Gasteiger partial charge in [0, 0.05) is 26.2 Å². The van der Waals surface area contributed by atoms with Gasteiger partial charge in [0.15, 0.2) is 0 Å². The van der Waals surface area contributed by atoms with Crippen molar-refractivity contribution in [3.8, 4) is 0 Å². The third-order valence-electron chi connectivity index (χ3n) is 4.38. The first kappa shape index (κ1) is 12.8. The molecule has 98 valence electrons. The summed E-state index contributed by atoms with van der Waals surface area (Å²) in [7, 11) is 0. The van der Waals surface area contributed by atoms with Gasteiger partial charge in [0.2, 0.25) is 0 Å². The van der Waals surface area contributed by atoms with Crippen molar-refractivity contribution in [1.29, 1.82) is 0 Å². The lowest BCUT2D eigenvalue weighted by Crippen LogP contribution is -2.37. The number of hydrogen-bond donors (Lipinski definition) is 3. The van der Waals surface area contributed by atoms with Crippen molar-refractivity contribution in [3.05, 3.63) is 0 Å². The molecule has 1 saturated carbocycles. The second-order valence-electron chi connectivity index (χ2n) is 5.19. The number of aliphatic hydroxyl groups is 1. The summed E-state index contributed by atoms with van der Waals surface area (Å²) in [5, 5.41) is 20.0. The molecule has 17 heavy (non-hydrogen) atoms. The number of ether oxygens (including phenoxy) is 1. The monoisotopic (exact) mass is 243 g/mol. The number of nitrogens with one attached hydrogen (secondary N) is 1. The number of carboxylic acids is 1. The van der Waals surface area contributed by atoms with E-state index < -0.39 is 5.97 Å². The minimum atomic E-state index is -0.833. The summed E-state index contributed by atoms with van der Waals surface area (Å²) < 4.78 is 5.40. The van der Waals surface area contributed by atoms with Crippen molar-refractivity contribution in [2.75, 3.05) is 26.4 Å². The minimum Gasteiger partial charge on any atom is -0.481 e. The third-order valence-corrected chi connectivity index (χ3v) is 4.38. The highest BCUT2D eigenvalue weighted by Gasteiger charge is 2.68. The summed E-state index contributed by atoms with van der Waals surface area (Å²) in [6, 6.07) is 0.378. The van der Waals surface area contributed by atoms with E-state index in [2.05, 4.69) is 5.32 Å². The van der Waals surface area contributed by atoms with Gasteiger partial charge >= 0.3 is 0 Å². The highest BCUT2D eigenvalue weighted by Crippen LogP contribution is 2.67. The van der Waals surface area contributed by atoms with Crippen LogP contribution in [0, 0.1) is 17.3 Å². The fourth-order valence-corrected chi connectivity index (χ4v) is 3.66. The molecule has 0 aromatic carbocycles. The molecule has 3 aliphatic rings. The van der Waals surface area contributed by atoms with Crippen LogP contribution >= 0.6 is 0 Å². The molecule has 2 saturated heterocycles. The van der Waals surface area contributed by atoms with Crippen LogP contribution in [0.3, 0.4) is 0 Å². The van der Waals surface area contributed by atoms with Gasteiger partial charge in [-0.15, -0.1) is 0 Å². The molecule has 3 rings (SSSR count). The average molecular weight is 243 g/mol. The molecule has 0 bridgehead atoms. The van der Waals surface area contributed by atoms with Gasteiger partial charge in [0.1, 0.15) is 0 Å². The number of hydrogen-bond acceptors (Lipinski definition) is 4. The Hall–Kier alpha value is -0.650. The number of aliphatic carboxylic acids is 1. The van der Waals surface area contributed by atoms with Crippen molar-refractivity contribution in [2.45, 2.75) is 25.8 Å². The van der Waals surface area contributed by atoms with Gasteiger partial charge in [-0.1, -0.05) is 0 Å². The van der Waals surface area contributed by atoms with E-state index in [1.165, 1.54) is 12.8 Å². The fraction of sp³-hybridized carbons (Fsp3) is 0.917. The quantitative estimate of drug-likeness (QED) is 0.608. The third kappa shape index (κ3) is 2.32. The van der Waals surface area contributed by atoms with Crippen molar-refractivity contribution < 1.29 is 19.7 Å². The van der Waals surface area contributed by atoms with Crippen LogP contribution < -0.4 is 5.32 Å². The standard InChI is InChI=1S/C10H17NO2.C2H4O2/c12-6-8-9-7(5-11-8)10(9)1-3-13-4-2-10;1-2(3)4/h7-9,11-12H,1-6H2;1H3,(H,3,4)/t7-,8+,9-;/m0./s1. The van der Waals surface area contributed by atoms with Crippen LogP contribution in [-0.4, -0.2) is 48.6 Å². The predicted molar refractivity (Wildman–Crippen MR) is 61.7 cm³/mol. The van der Waals surface area contributed by atoms with Crippen LogP contribution in [0.15, 0.2) is 0 Å². The maximum Gasteiger partial charge on any atom is 0.300 e. The predicted octanol–water partition coefficient (Wildman–Crippen LogP) is 0.0842. The first-order valence-corrected chi connectivity index (χ1v) is 6.23. The molecule has 0 aromatic heterocycles. The fourth-order valence-electron chi connectivity index (χ4n) is 3.66. The van der Waals surface area contributed by atoms with Crippen LogP contribution in [0.2, 0.25) is 0 Å². The van der Waals surface area contributed by atoms with Gasteiger partial charge in [-0.3, -0.25) is 4.79 Å². The number of rotatable bonds is 1.